The molecule has 2 saturated heterocycles. The Morgan fingerprint density at radius 3 is 2.45 bits per heavy atom. The van der Waals surface area contributed by atoms with Crippen LogP contribution in [0.3, 0.4) is 0 Å². The summed E-state index contributed by atoms with van der Waals surface area (Å²) in [5.41, 5.74) is 0.744. The number of aliphatic hydroxyl groups excluding tert-OH is 2. The van der Waals surface area contributed by atoms with E-state index < -0.39 is 18.0 Å². The van der Waals surface area contributed by atoms with Crippen LogP contribution in [0, 0.1) is 0 Å². The van der Waals surface area contributed by atoms with Gasteiger partial charge in [0, 0.05) is 50.9 Å². The molecule has 2 heterocycles. The van der Waals surface area contributed by atoms with Crippen LogP contribution in [-0.2, 0) is 4.79 Å². The van der Waals surface area contributed by atoms with Crippen LogP contribution in [0.5, 0.6) is 11.5 Å². The molecule has 3 amide bonds. The van der Waals surface area contributed by atoms with Crippen molar-refractivity contribution in [3.63, 3.8) is 0 Å². The van der Waals surface area contributed by atoms with Crippen LogP contribution in [0.1, 0.15) is 5.56 Å². The molecule has 1 aromatic rings. The van der Waals surface area contributed by atoms with E-state index in [2.05, 4.69) is 15.1 Å². The molecule has 1 aromatic carbocycles. The molecule has 10 heteroatoms. The second-order valence-electron chi connectivity index (χ2n) is 7.53. The SMILES string of the molecule is COc1ccc(/C=C2\NC(=O)N(CC(O)CN3CCN(CCO)CC3)C2=O)c(OC)c1. The van der Waals surface area contributed by atoms with Crippen molar-refractivity contribution in [3.05, 3.63) is 29.5 Å². The van der Waals surface area contributed by atoms with Gasteiger partial charge in [0.05, 0.1) is 33.5 Å². The summed E-state index contributed by atoms with van der Waals surface area (Å²) in [7, 11) is 3.06. The lowest BCUT2D eigenvalue weighted by Gasteiger charge is -2.35. The highest BCUT2D eigenvalue weighted by Gasteiger charge is 2.35. The number of amides is 3. The molecule has 0 aliphatic carbocycles. The maximum atomic E-state index is 12.7. The number of imide groups is 1. The standard InChI is InChI=1S/C21H30N4O6/c1-30-17-4-3-15(19(12-17)31-2)11-18-20(28)25(21(29)22-18)14-16(27)13-24-7-5-23(6-8-24)9-10-26/h3-4,11-12,16,26-27H,5-10,13-14H2,1-2H3,(H,22,29)/b18-11-. The van der Waals surface area contributed by atoms with Crippen LogP contribution < -0.4 is 14.8 Å². The number of nitrogens with one attached hydrogen (secondary N) is 1. The molecule has 170 valence electrons. The van der Waals surface area contributed by atoms with Gasteiger partial charge in [-0.05, 0) is 18.2 Å². The summed E-state index contributed by atoms with van der Waals surface area (Å²) < 4.78 is 10.5. The van der Waals surface area contributed by atoms with E-state index in [0.717, 1.165) is 31.1 Å². The lowest BCUT2D eigenvalue weighted by atomic mass is 10.1. The number of piperazine rings is 1. The lowest BCUT2D eigenvalue weighted by molar-refractivity contribution is -0.124. The Morgan fingerprint density at radius 1 is 1.10 bits per heavy atom. The molecule has 0 aromatic heterocycles. The monoisotopic (exact) mass is 434 g/mol. The molecule has 0 bridgehead atoms. The second-order valence-corrected chi connectivity index (χ2v) is 7.53. The Kier molecular flexibility index (Phi) is 7.85. The Balaban J connectivity index is 1.60. The van der Waals surface area contributed by atoms with Crippen molar-refractivity contribution in [1.82, 2.24) is 20.0 Å². The van der Waals surface area contributed by atoms with Crippen LogP contribution in [0.2, 0.25) is 0 Å². The molecule has 0 radical (unpaired) electrons. The molecule has 3 rings (SSSR count). The smallest absolute Gasteiger partial charge is 0.329 e. The van der Waals surface area contributed by atoms with E-state index in [1.54, 1.807) is 31.4 Å². The number of benzene rings is 1. The fourth-order valence-electron chi connectivity index (χ4n) is 3.73. The molecule has 1 atom stereocenters. The number of hydrogen-bond acceptors (Lipinski definition) is 8. The summed E-state index contributed by atoms with van der Waals surface area (Å²) in [6, 6.07) is 4.60. The van der Waals surface area contributed by atoms with Gasteiger partial charge in [0.2, 0.25) is 0 Å². The Bertz CT molecular complexity index is 822. The molecule has 3 N–H and O–H groups in total. The number of carbonyl (C=O) groups is 2. The van der Waals surface area contributed by atoms with Crippen molar-refractivity contribution in [2.45, 2.75) is 6.10 Å². The highest BCUT2D eigenvalue weighted by molar-refractivity contribution is 6.14. The van der Waals surface area contributed by atoms with Gasteiger partial charge in [0.1, 0.15) is 17.2 Å². The summed E-state index contributed by atoms with van der Waals surface area (Å²) in [6.45, 7) is 4.22. The minimum Gasteiger partial charge on any atom is -0.497 e. The van der Waals surface area contributed by atoms with Gasteiger partial charge in [0.25, 0.3) is 5.91 Å². The highest BCUT2D eigenvalue weighted by Crippen LogP contribution is 2.27. The third-order valence-electron chi connectivity index (χ3n) is 5.45. The molecule has 2 aliphatic rings. The van der Waals surface area contributed by atoms with Crippen LogP contribution in [0.4, 0.5) is 4.79 Å². The van der Waals surface area contributed by atoms with Crippen LogP contribution >= 0.6 is 0 Å². The van der Waals surface area contributed by atoms with Crippen LogP contribution in [-0.4, -0.2) is 110 Å². The molecule has 1 unspecified atom stereocenters. The van der Waals surface area contributed by atoms with Crippen LogP contribution in [0.15, 0.2) is 23.9 Å². The van der Waals surface area contributed by atoms with E-state index in [1.165, 1.54) is 7.11 Å². The normalized spacial score (nSPS) is 20.3. The van der Waals surface area contributed by atoms with Gasteiger partial charge in [-0.15, -0.1) is 0 Å². The first kappa shape index (κ1) is 23.0. The zero-order valence-corrected chi connectivity index (χ0v) is 17.9. The van der Waals surface area contributed by atoms with Gasteiger partial charge >= 0.3 is 6.03 Å². The molecule has 0 spiro atoms. The van der Waals surface area contributed by atoms with E-state index >= 15 is 0 Å². The first-order chi connectivity index (χ1) is 14.9. The fourth-order valence-corrected chi connectivity index (χ4v) is 3.73. The van der Waals surface area contributed by atoms with E-state index in [0.29, 0.717) is 30.2 Å². The number of aliphatic hydroxyl groups is 2. The number of nitrogens with zero attached hydrogens (tertiary/aromatic N) is 3. The lowest BCUT2D eigenvalue weighted by Crippen LogP contribution is -2.50. The molecule has 2 fully saturated rings. The maximum Gasteiger partial charge on any atom is 0.329 e. The number of carbonyl (C=O) groups excluding carboxylic acids is 2. The average Bonchev–Trinajstić information content (AvgIpc) is 3.03. The predicted octanol–water partition coefficient (Wildman–Crippen LogP) is -0.433. The molecule has 2 aliphatic heterocycles. The first-order valence-electron chi connectivity index (χ1n) is 10.3. The van der Waals surface area contributed by atoms with Crippen molar-refractivity contribution in [2.24, 2.45) is 0 Å². The van der Waals surface area contributed by atoms with Crippen LogP contribution in [0.25, 0.3) is 6.08 Å². The van der Waals surface area contributed by atoms with Crippen molar-refractivity contribution in [2.75, 3.05) is 66.6 Å². The van der Waals surface area contributed by atoms with E-state index in [4.69, 9.17) is 14.6 Å². The van der Waals surface area contributed by atoms with Gasteiger partial charge in [-0.25, -0.2) is 4.79 Å². The predicted molar refractivity (Wildman–Crippen MR) is 114 cm³/mol. The zero-order chi connectivity index (χ0) is 22.4. The number of urea groups is 1. The zero-order valence-electron chi connectivity index (χ0n) is 17.9. The number of hydrogen-bond donors (Lipinski definition) is 3. The van der Waals surface area contributed by atoms with Gasteiger partial charge in [-0.1, -0.05) is 0 Å². The molecule has 31 heavy (non-hydrogen) atoms. The Morgan fingerprint density at radius 2 is 1.81 bits per heavy atom. The topological polar surface area (TPSA) is 115 Å². The van der Waals surface area contributed by atoms with E-state index in [9.17, 15) is 14.7 Å². The van der Waals surface area contributed by atoms with E-state index in [-0.39, 0.29) is 18.8 Å². The number of β-amino-alcohol motifs (C(OH)–C–C–N with tert-alkyl or cyclic N) is 2. The summed E-state index contributed by atoms with van der Waals surface area (Å²) in [5, 5.41) is 22.0. The second kappa shape index (κ2) is 10.6. The molecular weight excluding hydrogens is 404 g/mol. The average molecular weight is 434 g/mol. The Labute approximate surface area is 181 Å². The molecule has 10 nitrogen and oxygen atoms in total. The summed E-state index contributed by atoms with van der Waals surface area (Å²) >= 11 is 0. The maximum absolute atomic E-state index is 12.7. The number of rotatable bonds is 9. The minimum atomic E-state index is -0.853. The van der Waals surface area contributed by atoms with Crippen molar-refractivity contribution in [1.29, 1.82) is 0 Å². The highest BCUT2D eigenvalue weighted by atomic mass is 16.5. The van der Waals surface area contributed by atoms with E-state index in [1.807, 2.05) is 0 Å². The van der Waals surface area contributed by atoms with Crippen molar-refractivity contribution in [3.8, 4) is 11.5 Å². The van der Waals surface area contributed by atoms with Gasteiger partial charge in [0.15, 0.2) is 0 Å². The molecule has 0 saturated carbocycles. The summed E-state index contributed by atoms with van der Waals surface area (Å²) in [6.07, 6.45) is 0.694. The number of ether oxygens (including phenoxy) is 2. The van der Waals surface area contributed by atoms with Gasteiger partial charge < -0.3 is 25.0 Å². The van der Waals surface area contributed by atoms with Crippen molar-refractivity contribution >= 4 is 18.0 Å². The quantitative estimate of drug-likeness (QED) is 0.354. The van der Waals surface area contributed by atoms with Gasteiger partial charge in [-0.3, -0.25) is 19.5 Å². The summed E-state index contributed by atoms with van der Waals surface area (Å²) in [4.78, 5) is 30.3. The third-order valence-corrected chi connectivity index (χ3v) is 5.45. The largest absolute Gasteiger partial charge is 0.497 e. The number of methoxy groups -OCH3 is 2. The molecular formula is C21H30N4O6. The minimum absolute atomic E-state index is 0.0847. The summed E-state index contributed by atoms with van der Waals surface area (Å²) in [5.74, 6) is 0.630. The third kappa shape index (κ3) is 5.73. The first-order valence-corrected chi connectivity index (χ1v) is 10.3. The van der Waals surface area contributed by atoms with Crippen molar-refractivity contribution < 1.29 is 29.3 Å². The van der Waals surface area contributed by atoms with Gasteiger partial charge in [-0.2, -0.15) is 0 Å². The fraction of sp³-hybridized carbons (Fsp3) is 0.524. The Hall–Kier alpha value is -2.66.